The molecule has 1 N–H and O–H groups in total. The van der Waals surface area contributed by atoms with Crippen molar-refractivity contribution in [2.24, 2.45) is 0 Å². The highest BCUT2D eigenvalue weighted by molar-refractivity contribution is 7.99. The van der Waals surface area contributed by atoms with Gasteiger partial charge in [-0.25, -0.2) is 0 Å². The zero-order chi connectivity index (χ0) is 24.8. The molecule has 1 aromatic heterocycles. The van der Waals surface area contributed by atoms with Gasteiger partial charge >= 0.3 is 0 Å². The normalized spacial score (nSPS) is 10.7. The van der Waals surface area contributed by atoms with Crippen LogP contribution in [0.5, 0.6) is 11.5 Å². The average molecular weight is 489 g/mol. The number of methoxy groups -OCH3 is 1. The molecule has 180 valence electrons. The average Bonchev–Trinajstić information content (AvgIpc) is 3.26. The number of benzene rings is 3. The Balaban J connectivity index is 1.54. The van der Waals surface area contributed by atoms with Crippen LogP contribution in [0.4, 0.5) is 5.69 Å². The smallest absolute Gasteiger partial charge is 0.234 e. The molecule has 0 atom stereocenters. The number of nitrogens with zero attached hydrogens (tertiary/aromatic N) is 3. The largest absolute Gasteiger partial charge is 0.495 e. The fraction of sp³-hybridized carbons (Fsp3) is 0.222. The van der Waals surface area contributed by atoms with Gasteiger partial charge in [-0.3, -0.25) is 9.36 Å². The highest BCUT2D eigenvalue weighted by atomic mass is 32.2. The van der Waals surface area contributed by atoms with Crippen molar-refractivity contribution < 1.29 is 14.3 Å². The molecule has 1 heterocycles. The number of anilines is 1. The lowest BCUT2D eigenvalue weighted by molar-refractivity contribution is -0.113. The second-order valence-electron chi connectivity index (χ2n) is 8.12. The fourth-order valence-corrected chi connectivity index (χ4v) is 4.44. The van der Waals surface area contributed by atoms with Crippen LogP contribution in [0.3, 0.4) is 0 Å². The number of para-hydroxylation sites is 3. The molecule has 1 amide bonds. The van der Waals surface area contributed by atoms with Crippen molar-refractivity contribution in [1.29, 1.82) is 0 Å². The van der Waals surface area contributed by atoms with Crippen molar-refractivity contribution in [3.63, 3.8) is 0 Å². The number of thioether (sulfide) groups is 1. The van der Waals surface area contributed by atoms with Crippen molar-refractivity contribution in [3.8, 4) is 17.2 Å². The third-order valence-corrected chi connectivity index (χ3v) is 6.39. The number of aryl methyl sites for hydroxylation is 3. The molecule has 0 fully saturated rings. The van der Waals surface area contributed by atoms with Crippen LogP contribution in [0.1, 0.15) is 22.5 Å². The molecule has 0 aliphatic carbocycles. The number of rotatable bonds is 9. The van der Waals surface area contributed by atoms with Crippen LogP contribution < -0.4 is 14.8 Å². The SMILES string of the molecule is COc1ccccc1NC(=O)CSc1nnc(COc2c(C)cccc2C)n1-c1ccc(C)cc1. The Labute approximate surface area is 209 Å². The Bertz CT molecular complexity index is 1300. The molecule has 0 aliphatic heterocycles. The molecule has 0 spiro atoms. The second-order valence-corrected chi connectivity index (χ2v) is 9.06. The first-order valence-corrected chi connectivity index (χ1v) is 12.2. The van der Waals surface area contributed by atoms with Crippen LogP contribution in [0, 0.1) is 20.8 Å². The van der Waals surface area contributed by atoms with Gasteiger partial charge in [0.05, 0.1) is 18.6 Å². The standard InChI is InChI=1S/C27H28N4O3S/c1-18-12-14-21(15-13-18)31-24(16-34-26-19(2)8-7-9-20(26)3)29-30-27(31)35-17-25(32)28-22-10-5-6-11-23(22)33-4/h5-15H,16-17H2,1-4H3,(H,28,32). The van der Waals surface area contributed by atoms with E-state index in [4.69, 9.17) is 9.47 Å². The lowest BCUT2D eigenvalue weighted by atomic mass is 10.1. The van der Waals surface area contributed by atoms with Gasteiger partial charge in [0.25, 0.3) is 0 Å². The zero-order valence-electron chi connectivity index (χ0n) is 20.2. The van der Waals surface area contributed by atoms with Gasteiger partial charge in [0.2, 0.25) is 5.91 Å². The monoisotopic (exact) mass is 488 g/mol. The Morgan fingerprint density at radius 2 is 1.66 bits per heavy atom. The molecule has 0 radical (unpaired) electrons. The molecule has 4 rings (SSSR count). The van der Waals surface area contributed by atoms with Gasteiger partial charge in [-0.05, 0) is 56.2 Å². The number of ether oxygens (including phenoxy) is 2. The van der Waals surface area contributed by atoms with E-state index in [1.54, 1.807) is 19.2 Å². The van der Waals surface area contributed by atoms with E-state index in [2.05, 4.69) is 15.5 Å². The van der Waals surface area contributed by atoms with Crippen LogP contribution in [-0.4, -0.2) is 33.5 Å². The summed E-state index contributed by atoms with van der Waals surface area (Å²) in [5.74, 6) is 2.12. The molecular weight excluding hydrogens is 460 g/mol. The lowest BCUT2D eigenvalue weighted by Gasteiger charge is -2.14. The Kier molecular flexibility index (Phi) is 7.72. The van der Waals surface area contributed by atoms with Crippen molar-refractivity contribution in [3.05, 3.63) is 89.2 Å². The number of hydrogen-bond donors (Lipinski definition) is 1. The van der Waals surface area contributed by atoms with Crippen LogP contribution >= 0.6 is 11.8 Å². The molecule has 4 aromatic rings. The van der Waals surface area contributed by atoms with Gasteiger partial charge in [-0.2, -0.15) is 0 Å². The van der Waals surface area contributed by atoms with Crippen LogP contribution in [0.15, 0.2) is 71.9 Å². The van der Waals surface area contributed by atoms with Crippen molar-refractivity contribution >= 4 is 23.4 Å². The summed E-state index contributed by atoms with van der Waals surface area (Å²) in [6.45, 7) is 6.34. The first-order chi connectivity index (χ1) is 17.0. The molecule has 7 nitrogen and oxygen atoms in total. The van der Waals surface area contributed by atoms with E-state index in [9.17, 15) is 4.79 Å². The molecule has 3 aromatic carbocycles. The van der Waals surface area contributed by atoms with Gasteiger partial charge in [0, 0.05) is 5.69 Å². The first kappa shape index (κ1) is 24.3. The molecule has 0 saturated carbocycles. The first-order valence-electron chi connectivity index (χ1n) is 11.2. The summed E-state index contributed by atoms with van der Waals surface area (Å²) in [6, 6.07) is 21.5. The number of amides is 1. The molecule has 8 heteroatoms. The molecule has 0 bridgehead atoms. The Hall–Kier alpha value is -3.78. The molecule has 35 heavy (non-hydrogen) atoms. The fourth-order valence-electron chi connectivity index (χ4n) is 3.67. The van der Waals surface area contributed by atoms with Gasteiger partial charge in [-0.15, -0.1) is 10.2 Å². The van der Waals surface area contributed by atoms with E-state index in [0.717, 1.165) is 28.1 Å². The minimum Gasteiger partial charge on any atom is -0.495 e. The summed E-state index contributed by atoms with van der Waals surface area (Å²) < 4.78 is 13.4. The minimum absolute atomic E-state index is 0.161. The number of carbonyl (C=O) groups excluding carboxylic acids is 1. The summed E-state index contributed by atoms with van der Waals surface area (Å²) in [6.07, 6.45) is 0. The third-order valence-electron chi connectivity index (χ3n) is 5.46. The Morgan fingerprint density at radius 3 is 2.37 bits per heavy atom. The van der Waals surface area contributed by atoms with Gasteiger partial charge in [0.15, 0.2) is 11.0 Å². The highest BCUT2D eigenvalue weighted by Crippen LogP contribution is 2.27. The Morgan fingerprint density at radius 1 is 0.943 bits per heavy atom. The molecular formula is C27H28N4O3S. The second kappa shape index (κ2) is 11.1. The molecule has 0 saturated heterocycles. The van der Waals surface area contributed by atoms with E-state index in [1.807, 2.05) is 79.9 Å². The van der Waals surface area contributed by atoms with Crippen LogP contribution in [0.2, 0.25) is 0 Å². The number of nitrogens with one attached hydrogen (secondary N) is 1. The van der Waals surface area contributed by atoms with E-state index in [0.29, 0.717) is 22.4 Å². The van der Waals surface area contributed by atoms with Crippen LogP contribution in [-0.2, 0) is 11.4 Å². The maximum absolute atomic E-state index is 12.7. The summed E-state index contributed by atoms with van der Waals surface area (Å²) in [5.41, 5.74) is 4.82. The summed E-state index contributed by atoms with van der Waals surface area (Å²) in [5, 5.41) is 12.3. The lowest BCUT2D eigenvalue weighted by Crippen LogP contribution is -2.15. The quantitative estimate of drug-likeness (QED) is 0.313. The van der Waals surface area contributed by atoms with Gasteiger partial charge in [-0.1, -0.05) is 59.8 Å². The van der Waals surface area contributed by atoms with E-state index >= 15 is 0 Å². The van der Waals surface area contributed by atoms with Crippen molar-refractivity contribution in [2.75, 3.05) is 18.2 Å². The number of aromatic nitrogens is 3. The van der Waals surface area contributed by atoms with Gasteiger partial charge in [0.1, 0.15) is 18.1 Å². The topological polar surface area (TPSA) is 78.3 Å². The molecule has 0 aliphatic rings. The van der Waals surface area contributed by atoms with E-state index in [1.165, 1.54) is 11.8 Å². The predicted molar refractivity (Wildman–Crippen MR) is 139 cm³/mol. The van der Waals surface area contributed by atoms with Crippen molar-refractivity contribution in [1.82, 2.24) is 14.8 Å². The predicted octanol–water partition coefficient (Wildman–Crippen LogP) is 5.51. The third kappa shape index (κ3) is 5.84. The summed E-state index contributed by atoms with van der Waals surface area (Å²) in [4.78, 5) is 12.7. The number of hydrogen-bond acceptors (Lipinski definition) is 6. The van der Waals surface area contributed by atoms with E-state index < -0.39 is 0 Å². The van der Waals surface area contributed by atoms with E-state index in [-0.39, 0.29) is 18.3 Å². The summed E-state index contributed by atoms with van der Waals surface area (Å²) in [7, 11) is 1.58. The highest BCUT2D eigenvalue weighted by Gasteiger charge is 2.18. The maximum Gasteiger partial charge on any atom is 0.234 e. The molecule has 0 unspecified atom stereocenters. The van der Waals surface area contributed by atoms with Crippen molar-refractivity contribution in [2.45, 2.75) is 32.5 Å². The summed E-state index contributed by atoms with van der Waals surface area (Å²) >= 11 is 1.32. The van der Waals surface area contributed by atoms with Crippen LogP contribution in [0.25, 0.3) is 5.69 Å². The minimum atomic E-state index is -0.161. The zero-order valence-corrected chi connectivity index (χ0v) is 21.1. The number of carbonyl (C=O) groups is 1. The van der Waals surface area contributed by atoms with Gasteiger partial charge < -0.3 is 14.8 Å². The maximum atomic E-state index is 12.7.